The first-order valence-corrected chi connectivity index (χ1v) is 9.99. The predicted octanol–water partition coefficient (Wildman–Crippen LogP) is 3.91. The molecular formula is C22H28FN5O. The van der Waals surface area contributed by atoms with E-state index in [1.54, 1.807) is 14.0 Å². The lowest BCUT2D eigenvalue weighted by molar-refractivity contribution is 0.320. The first kappa shape index (κ1) is 20.8. The lowest BCUT2D eigenvalue weighted by Crippen LogP contribution is -2.39. The Bertz CT molecular complexity index is 1070. The molecule has 0 aliphatic carbocycles. The lowest BCUT2D eigenvalue weighted by atomic mass is 9.88. The number of allylic oxidation sites excluding steroid dienone is 3. The smallest absolute Gasteiger partial charge is 0.277 e. The van der Waals surface area contributed by atoms with Crippen molar-refractivity contribution in [3.63, 3.8) is 0 Å². The van der Waals surface area contributed by atoms with Crippen molar-refractivity contribution in [1.82, 2.24) is 14.1 Å². The van der Waals surface area contributed by atoms with Crippen LogP contribution in [0.1, 0.15) is 39.2 Å². The average Bonchev–Trinajstić information content (AvgIpc) is 2.97. The van der Waals surface area contributed by atoms with Gasteiger partial charge in [-0.1, -0.05) is 26.0 Å². The summed E-state index contributed by atoms with van der Waals surface area (Å²) < 4.78 is 16.6. The van der Waals surface area contributed by atoms with Crippen molar-refractivity contribution in [2.75, 3.05) is 18.0 Å². The highest BCUT2D eigenvalue weighted by molar-refractivity contribution is 5.89. The zero-order chi connectivity index (χ0) is 21.3. The van der Waals surface area contributed by atoms with Gasteiger partial charge in [-0.25, -0.2) is 9.37 Å². The van der Waals surface area contributed by atoms with Crippen molar-refractivity contribution >= 4 is 16.9 Å². The Morgan fingerprint density at radius 2 is 2.24 bits per heavy atom. The standard InChI is InChI=1S/C22H28FN5O/c1-14(2)17-7-6-8-27(12-17)21-18(10-24)19-20(22(29)26(5)13-25-19)28(21)11-15(3)9-16(4)23/h9,13-14,17H,4,6-8,11-12H2,1-3,5H3/b15-9+. The molecule has 3 heterocycles. The van der Waals surface area contributed by atoms with Crippen LogP contribution >= 0.6 is 0 Å². The molecule has 1 unspecified atom stereocenters. The Kier molecular flexibility index (Phi) is 5.92. The van der Waals surface area contributed by atoms with Crippen molar-refractivity contribution in [3.05, 3.63) is 46.3 Å². The molecule has 3 rings (SSSR count). The largest absolute Gasteiger partial charge is 0.357 e. The Morgan fingerprint density at radius 1 is 1.52 bits per heavy atom. The van der Waals surface area contributed by atoms with Crippen molar-refractivity contribution in [1.29, 1.82) is 5.26 Å². The van der Waals surface area contributed by atoms with Gasteiger partial charge in [-0.15, -0.1) is 0 Å². The Balaban J connectivity index is 2.26. The molecule has 29 heavy (non-hydrogen) atoms. The summed E-state index contributed by atoms with van der Waals surface area (Å²) in [4.78, 5) is 19.5. The molecule has 7 heteroatoms. The highest BCUT2D eigenvalue weighted by Gasteiger charge is 2.30. The van der Waals surface area contributed by atoms with Gasteiger partial charge in [0.2, 0.25) is 0 Å². The molecule has 154 valence electrons. The van der Waals surface area contributed by atoms with E-state index in [0.717, 1.165) is 25.9 Å². The van der Waals surface area contributed by atoms with Gasteiger partial charge in [0.1, 0.15) is 34.3 Å². The number of halogens is 1. The van der Waals surface area contributed by atoms with Crippen molar-refractivity contribution in [3.8, 4) is 6.07 Å². The third-order valence-electron chi connectivity index (χ3n) is 5.72. The van der Waals surface area contributed by atoms with Crippen LogP contribution in [0.5, 0.6) is 0 Å². The summed E-state index contributed by atoms with van der Waals surface area (Å²) in [5.41, 5.74) is 1.69. The molecule has 1 atom stereocenters. The molecule has 0 N–H and O–H groups in total. The van der Waals surface area contributed by atoms with Crippen LogP contribution in [0, 0.1) is 23.2 Å². The van der Waals surface area contributed by atoms with E-state index in [-0.39, 0.29) is 5.56 Å². The minimum atomic E-state index is -0.537. The van der Waals surface area contributed by atoms with Crippen LogP contribution in [0.3, 0.4) is 0 Å². The number of hydrogen-bond donors (Lipinski definition) is 0. The van der Waals surface area contributed by atoms with Gasteiger partial charge < -0.3 is 14.0 Å². The van der Waals surface area contributed by atoms with Crippen LogP contribution < -0.4 is 10.5 Å². The zero-order valence-corrected chi connectivity index (χ0v) is 17.6. The minimum Gasteiger partial charge on any atom is -0.357 e. The van der Waals surface area contributed by atoms with Crippen molar-refractivity contribution in [2.24, 2.45) is 18.9 Å². The second-order valence-electron chi connectivity index (χ2n) is 8.28. The third kappa shape index (κ3) is 3.98. The van der Waals surface area contributed by atoms with E-state index in [9.17, 15) is 14.4 Å². The molecule has 1 aliphatic heterocycles. The predicted molar refractivity (Wildman–Crippen MR) is 113 cm³/mol. The summed E-state index contributed by atoms with van der Waals surface area (Å²) in [6.45, 7) is 11.4. The van der Waals surface area contributed by atoms with Crippen LogP contribution in [0.15, 0.2) is 35.2 Å². The summed E-state index contributed by atoms with van der Waals surface area (Å²) in [6.07, 6.45) is 4.97. The highest BCUT2D eigenvalue weighted by Crippen LogP contribution is 2.34. The number of anilines is 1. The maximum Gasteiger partial charge on any atom is 0.277 e. The van der Waals surface area contributed by atoms with Gasteiger partial charge in [0.05, 0.1) is 6.33 Å². The van der Waals surface area contributed by atoms with Crippen LogP contribution in [0.4, 0.5) is 10.2 Å². The molecular weight excluding hydrogens is 369 g/mol. The fourth-order valence-corrected chi connectivity index (χ4v) is 4.19. The number of nitrogens with zero attached hydrogens (tertiary/aromatic N) is 5. The molecule has 1 saturated heterocycles. The van der Waals surface area contributed by atoms with E-state index >= 15 is 0 Å². The quantitative estimate of drug-likeness (QED) is 0.718. The van der Waals surface area contributed by atoms with Gasteiger partial charge in [0, 0.05) is 26.7 Å². The first-order valence-electron chi connectivity index (χ1n) is 9.99. The summed E-state index contributed by atoms with van der Waals surface area (Å²) in [6, 6.07) is 2.28. The monoisotopic (exact) mass is 397 g/mol. The van der Waals surface area contributed by atoms with Crippen LogP contribution in [0.25, 0.3) is 11.0 Å². The van der Waals surface area contributed by atoms with Crippen LogP contribution in [-0.2, 0) is 13.6 Å². The van der Waals surface area contributed by atoms with E-state index < -0.39 is 5.83 Å². The minimum absolute atomic E-state index is 0.220. The Labute approximate surface area is 170 Å². The molecule has 1 aliphatic rings. The Morgan fingerprint density at radius 3 is 2.86 bits per heavy atom. The molecule has 6 nitrogen and oxygen atoms in total. The fourth-order valence-electron chi connectivity index (χ4n) is 4.19. The van der Waals surface area contributed by atoms with Crippen LogP contribution in [-0.4, -0.2) is 27.2 Å². The number of hydrogen-bond acceptors (Lipinski definition) is 4. The maximum absolute atomic E-state index is 13.4. The highest BCUT2D eigenvalue weighted by atomic mass is 19.1. The molecule has 0 radical (unpaired) electrons. The van der Waals surface area contributed by atoms with Gasteiger partial charge in [-0.05, 0) is 37.7 Å². The third-order valence-corrected chi connectivity index (χ3v) is 5.72. The molecule has 0 bridgehead atoms. The zero-order valence-electron chi connectivity index (χ0n) is 17.6. The normalized spacial score (nSPS) is 17.8. The second kappa shape index (κ2) is 8.24. The van der Waals surface area contributed by atoms with Gasteiger partial charge >= 0.3 is 0 Å². The van der Waals surface area contributed by atoms with Gasteiger partial charge in [-0.2, -0.15) is 5.26 Å². The van der Waals surface area contributed by atoms with E-state index in [2.05, 4.69) is 36.4 Å². The second-order valence-corrected chi connectivity index (χ2v) is 8.28. The summed E-state index contributed by atoms with van der Waals surface area (Å²) in [7, 11) is 1.64. The maximum atomic E-state index is 13.4. The molecule has 2 aromatic heterocycles. The average molecular weight is 397 g/mol. The van der Waals surface area contributed by atoms with Gasteiger partial charge in [0.25, 0.3) is 5.56 Å². The molecule has 0 amide bonds. The molecule has 0 saturated carbocycles. The summed E-state index contributed by atoms with van der Waals surface area (Å²) in [5, 5.41) is 9.95. The topological polar surface area (TPSA) is 66.8 Å². The first-order chi connectivity index (χ1) is 13.7. The summed E-state index contributed by atoms with van der Waals surface area (Å²) >= 11 is 0. The number of aromatic nitrogens is 3. The van der Waals surface area contributed by atoms with E-state index in [4.69, 9.17) is 0 Å². The van der Waals surface area contributed by atoms with Crippen molar-refractivity contribution in [2.45, 2.75) is 40.2 Å². The van der Waals surface area contributed by atoms with Gasteiger partial charge in [0.15, 0.2) is 0 Å². The van der Waals surface area contributed by atoms with E-state index in [1.807, 2.05) is 4.57 Å². The van der Waals surface area contributed by atoms with Crippen molar-refractivity contribution < 1.29 is 4.39 Å². The number of rotatable bonds is 5. The SMILES string of the molecule is C=C(F)/C=C(\C)Cn1c(N2CCCC(C(C)C)C2)c(C#N)c2ncn(C)c(=O)c21. The van der Waals surface area contributed by atoms with E-state index in [1.165, 1.54) is 17.0 Å². The number of nitriles is 1. The van der Waals surface area contributed by atoms with Gasteiger partial charge in [-0.3, -0.25) is 4.79 Å². The molecule has 2 aromatic rings. The number of piperidine rings is 1. The molecule has 0 spiro atoms. The summed E-state index contributed by atoms with van der Waals surface area (Å²) in [5.74, 6) is 1.22. The number of aryl methyl sites for hydroxylation is 1. The fraction of sp³-hybridized carbons (Fsp3) is 0.500. The molecule has 0 aromatic carbocycles. The molecule has 1 fully saturated rings. The van der Waals surface area contributed by atoms with Crippen LogP contribution in [0.2, 0.25) is 0 Å². The number of fused-ring (bicyclic) bond motifs is 1. The van der Waals surface area contributed by atoms with E-state index in [0.29, 0.717) is 46.4 Å². The lowest BCUT2D eigenvalue weighted by Gasteiger charge is -2.37. The Hall–Kier alpha value is -2.88.